The summed E-state index contributed by atoms with van der Waals surface area (Å²) in [6.45, 7) is 5.90. The Kier molecular flexibility index (Phi) is 5.64. The third kappa shape index (κ3) is 4.10. The Morgan fingerprint density at radius 3 is 2.81 bits per heavy atom. The molecule has 156 valence electrons. The van der Waals surface area contributed by atoms with Crippen molar-refractivity contribution in [2.45, 2.75) is 19.9 Å². The third-order valence-corrected chi connectivity index (χ3v) is 5.85. The number of aromatic nitrogens is 1. The van der Waals surface area contributed by atoms with Gasteiger partial charge < -0.3 is 5.11 Å². The number of nitrogens with zero attached hydrogens (tertiary/aromatic N) is 3. The molecule has 1 aliphatic rings. The molecule has 0 aliphatic carbocycles. The summed E-state index contributed by atoms with van der Waals surface area (Å²) in [6.07, 6.45) is 1.78. The topological polar surface area (TPSA) is 96.0 Å². The molecule has 0 saturated carbocycles. The van der Waals surface area contributed by atoms with E-state index in [9.17, 15) is 14.7 Å². The average Bonchev–Trinajstić information content (AvgIpc) is 3.23. The Balaban J connectivity index is 1.75. The van der Waals surface area contributed by atoms with Crippen molar-refractivity contribution in [3.8, 4) is 5.88 Å². The molecule has 8 heteroatoms. The lowest BCUT2D eigenvalue weighted by molar-refractivity contribution is -0.120. The van der Waals surface area contributed by atoms with Gasteiger partial charge in [0, 0.05) is 11.8 Å². The zero-order chi connectivity index (χ0) is 22.0. The van der Waals surface area contributed by atoms with Gasteiger partial charge in [-0.25, -0.2) is 10.4 Å². The van der Waals surface area contributed by atoms with E-state index in [4.69, 9.17) is 0 Å². The van der Waals surface area contributed by atoms with Gasteiger partial charge in [-0.05, 0) is 24.6 Å². The summed E-state index contributed by atoms with van der Waals surface area (Å²) < 4.78 is 1.49. The highest BCUT2D eigenvalue weighted by molar-refractivity contribution is 7.11. The van der Waals surface area contributed by atoms with Crippen molar-refractivity contribution in [2.75, 3.05) is 0 Å². The minimum atomic E-state index is -0.414. The van der Waals surface area contributed by atoms with Gasteiger partial charge in [-0.1, -0.05) is 59.4 Å². The fraction of sp³-hybridized carbons (Fsp3) is 0.130. The van der Waals surface area contributed by atoms with Crippen molar-refractivity contribution in [3.63, 3.8) is 0 Å². The average molecular weight is 433 g/mol. The molecule has 0 radical (unpaired) electrons. The maximum Gasteiger partial charge on any atom is 0.279 e. The fourth-order valence-corrected chi connectivity index (χ4v) is 4.37. The van der Waals surface area contributed by atoms with E-state index in [1.54, 1.807) is 12.1 Å². The summed E-state index contributed by atoms with van der Waals surface area (Å²) in [5, 5.41) is 16.3. The van der Waals surface area contributed by atoms with Crippen LogP contribution in [0.4, 0.5) is 0 Å². The number of carbonyl (C=O) groups excluding carboxylic acids is 2. The Labute approximate surface area is 182 Å². The van der Waals surface area contributed by atoms with E-state index in [0.29, 0.717) is 25.8 Å². The number of hydrogen-bond donors (Lipinski definition) is 2. The predicted molar refractivity (Wildman–Crippen MR) is 117 cm³/mol. The number of rotatable bonds is 6. The molecule has 0 unspecified atom stereocenters. The number of aromatic hydroxyl groups is 1. The molecular weight excluding hydrogens is 412 g/mol. The molecule has 1 aliphatic heterocycles. The molecule has 4 rings (SSSR count). The van der Waals surface area contributed by atoms with Crippen molar-refractivity contribution < 1.29 is 14.7 Å². The van der Waals surface area contributed by atoms with E-state index in [2.05, 4.69) is 22.1 Å². The van der Waals surface area contributed by atoms with Crippen molar-refractivity contribution in [3.05, 3.63) is 92.6 Å². The number of allylic oxidation sites excluding steroid dienone is 1. The second-order valence-corrected chi connectivity index (χ2v) is 8.04. The van der Waals surface area contributed by atoms with Gasteiger partial charge in [0.05, 0.1) is 17.4 Å². The smallest absolute Gasteiger partial charge is 0.279 e. The number of aryl methyl sites for hydroxylation is 1. The van der Waals surface area contributed by atoms with E-state index >= 15 is 0 Å². The van der Waals surface area contributed by atoms with Crippen molar-refractivity contribution in [1.29, 1.82) is 0 Å². The number of thiazole rings is 1. The Morgan fingerprint density at radius 1 is 1.29 bits per heavy atom. The Morgan fingerprint density at radius 2 is 2.06 bits per heavy atom. The molecule has 0 spiro atoms. The minimum Gasteiger partial charge on any atom is -0.493 e. The quantitative estimate of drug-likeness (QED) is 0.454. The van der Waals surface area contributed by atoms with Gasteiger partial charge in [-0.15, -0.1) is 11.7 Å². The van der Waals surface area contributed by atoms with Crippen molar-refractivity contribution >= 4 is 28.7 Å². The second-order valence-electron chi connectivity index (χ2n) is 7.06. The molecule has 7 nitrogen and oxygen atoms in total. The Bertz CT molecular complexity index is 1380. The van der Waals surface area contributed by atoms with Gasteiger partial charge in [-0.3, -0.25) is 14.2 Å². The van der Waals surface area contributed by atoms with Gasteiger partial charge in [0.15, 0.2) is 0 Å². The first-order valence-corrected chi connectivity index (χ1v) is 10.4. The van der Waals surface area contributed by atoms with E-state index in [-0.39, 0.29) is 24.8 Å². The molecule has 2 N–H and O–H groups in total. The summed E-state index contributed by atoms with van der Waals surface area (Å²) in [6, 6.07) is 14.9. The molecular formula is C23H20N4O3S. The molecule has 0 fully saturated rings. The van der Waals surface area contributed by atoms with Crippen LogP contribution in [-0.2, 0) is 22.6 Å². The van der Waals surface area contributed by atoms with Crippen LogP contribution in [0.15, 0.2) is 71.3 Å². The lowest BCUT2D eigenvalue weighted by Crippen LogP contribution is -2.25. The molecule has 0 saturated heterocycles. The van der Waals surface area contributed by atoms with Gasteiger partial charge in [0.25, 0.3) is 5.91 Å². The first-order chi connectivity index (χ1) is 15.0. The van der Waals surface area contributed by atoms with Gasteiger partial charge in [-0.2, -0.15) is 0 Å². The lowest BCUT2D eigenvalue weighted by Gasteiger charge is -2.03. The molecule has 2 amide bonds. The number of nitrogens with one attached hydrogen (secondary N) is 1. The van der Waals surface area contributed by atoms with Crippen molar-refractivity contribution in [1.82, 2.24) is 9.99 Å². The maximum absolute atomic E-state index is 12.6. The SMILES string of the molecule is C=CCn1c(O)c(C2=c3cc(C)ccc3=NC2=O)sc1=NNC(=O)Cc1ccccc1. The van der Waals surface area contributed by atoms with Crippen LogP contribution >= 0.6 is 11.3 Å². The van der Waals surface area contributed by atoms with E-state index < -0.39 is 5.91 Å². The maximum atomic E-state index is 12.6. The number of amides is 2. The third-order valence-electron chi connectivity index (χ3n) is 4.76. The summed E-state index contributed by atoms with van der Waals surface area (Å²) >= 11 is 1.11. The van der Waals surface area contributed by atoms with E-state index in [1.807, 2.05) is 49.4 Å². The molecule has 0 atom stereocenters. The van der Waals surface area contributed by atoms with Crippen LogP contribution < -0.4 is 20.8 Å². The van der Waals surface area contributed by atoms with Crippen LogP contribution in [0.25, 0.3) is 5.57 Å². The molecule has 1 aromatic heterocycles. The first kappa shape index (κ1) is 20.5. The van der Waals surface area contributed by atoms with Crippen LogP contribution in [0.5, 0.6) is 5.88 Å². The molecule has 0 bridgehead atoms. The number of hydrogen-bond acceptors (Lipinski definition) is 5. The second kappa shape index (κ2) is 8.53. The largest absolute Gasteiger partial charge is 0.493 e. The summed E-state index contributed by atoms with van der Waals surface area (Å²) in [5.74, 6) is -0.817. The zero-order valence-electron chi connectivity index (χ0n) is 16.8. The Hall–Kier alpha value is -3.78. The summed E-state index contributed by atoms with van der Waals surface area (Å²) in [5.41, 5.74) is 4.71. The van der Waals surface area contributed by atoms with Crippen molar-refractivity contribution in [2.24, 2.45) is 10.1 Å². The number of fused-ring (bicyclic) bond motifs is 1. The van der Waals surface area contributed by atoms with E-state index in [1.165, 1.54) is 4.57 Å². The first-order valence-electron chi connectivity index (χ1n) is 9.62. The summed E-state index contributed by atoms with van der Waals surface area (Å²) in [7, 11) is 0. The molecule has 31 heavy (non-hydrogen) atoms. The minimum absolute atomic E-state index is 0.117. The zero-order valence-corrected chi connectivity index (χ0v) is 17.6. The normalized spacial score (nSPS) is 13.1. The monoisotopic (exact) mass is 432 g/mol. The molecule has 2 heterocycles. The van der Waals surface area contributed by atoms with Crippen LogP contribution in [0, 0.1) is 6.92 Å². The van der Waals surface area contributed by atoms with Crippen LogP contribution in [0.3, 0.4) is 0 Å². The number of benzene rings is 2. The highest BCUT2D eigenvalue weighted by atomic mass is 32.1. The van der Waals surface area contributed by atoms with Crippen LogP contribution in [-0.4, -0.2) is 21.5 Å². The molecule has 2 aromatic carbocycles. The van der Waals surface area contributed by atoms with Gasteiger partial charge in [0.1, 0.15) is 4.88 Å². The fourth-order valence-electron chi connectivity index (χ4n) is 3.32. The van der Waals surface area contributed by atoms with Gasteiger partial charge in [0.2, 0.25) is 16.6 Å². The van der Waals surface area contributed by atoms with Crippen LogP contribution in [0.1, 0.15) is 16.0 Å². The number of carbonyl (C=O) groups is 2. The van der Waals surface area contributed by atoms with Crippen LogP contribution in [0.2, 0.25) is 0 Å². The van der Waals surface area contributed by atoms with E-state index in [0.717, 1.165) is 22.5 Å². The predicted octanol–water partition coefficient (Wildman–Crippen LogP) is 1.28. The van der Waals surface area contributed by atoms with Gasteiger partial charge >= 0.3 is 0 Å². The highest BCUT2D eigenvalue weighted by Crippen LogP contribution is 2.28. The molecule has 3 aromatic rings. The standard InChI is InChI=1S/C23H20N4O3S/c1-3-11-27-22(30)20(19-16-12-14(2)9-10-17(16)24-21(19)29)31-23(27)26-25-18(28)13-15-7-5-4-6-8-15/h3-10,12,30H,1,11,13H2,2H3,(H,25,28). The highest BCUT2D eigenvalue weighted by Gasteiger charge is 2.25. The lowest BCUT2D eigenvalue weighted by atomic mass is 10.1. The summed E-state index contributed by atoms with van der Waals surface area (Å²) in [4.78, 5) is 29.7.